The van der Waals surface area contributed by atoms with E-state index in [0.717, 1.165) is 5.69 Å². The predicted molar refractivity (Wildman–Crippen MR) is 136 cm³/mol. The van der Waals surface area contributed by atoms with Gasteiger partial charge in [0.1, 0.15) is 5.82 Å². The molecule has 0 atom stereocenters. The van der Waals surface area contributed by atoms with Gasteiger partial charge < -0.3 is 24.8 Å². The molecule has 4 rings (SSSR count). The molecule has 0 radical (unpaired) electrons. The molecule has 2 aliphatic heterocycles. The van der Waals surface area contributed by atoms with Crippen molar-refractivity contribution in [1.29, 1.82) is 0 Å². The summed E-state index contributed by atoms with van der Waals surface area (Å²) >= 11 is 0. The molecule has 0 saturated carbocycles. The Morgan fingerprint density at radius 3 is 2.19 bits per heavy atom. The summed E-state index contributed by atoms with van der Waals surface area (Å²) in [6.07, 6.45) is 0.395. The van der Waals surface area contributed by atoms with Crippen LogP contribution in [-0.2, 0) is 9.53 Å². The van der Waals surface area contributed by atoms with Gasteiger partial charge in [0.05, 0.1) is 24.3 Å². The fraction of sp³-hybridized carbons (Fsp3) is 0.444. The molecule has 2 aromatic rings. The number of rotatable bonds is 6. The average molecular weight is 497 g/mol. The van der Waals surface area contributed by atoms with Gasteiger partial charge in [0, 0.05) is 57.1 Å². The lowest BCUT2D eigenvalue weighted by Crippen LogP contribution is -2.49. The molecule has 2 heterocycles. The van der Waals surface area contributed by atoms with Crippen molar-refractivity contribution < 1.29 is 23.5 Å². The Hall–Kier alpha value is -3.46. The Balaban J connectivity index is 1.53. The maximum Gasteiger partial charge on any atom is 0.256 e. The number of anilines is 2. The molecule has 1 N–H and O–H groups in total. The average Bonchev–Trinajstić information content (AvgIpc) is 2.88. The van der Waals surface area contributed by atoms with Gasteiger partial charge in [-0.3, -0.25) is 14.4 Å². The minimum atomic E-state index is -0.529. The molecule has 2 saturated heterocycles. The van der Waals surface area contributed by atoms with Gasteiger partial charge in [0.2, 0.25) is 5.91 Å². The van der Waals surface area contributed by atoms with E-state index in [-0.39, 0.29) is 29.2 Å². The molecule has 2 aromatic carbocycles. The molecule has 0 aromatic heterocycles. The number of hydrogen-bond donors (Lipinski definition) is 1. The predicted octanol–water partition coefficient (Wildman–Crippen LogP) is 3.25. The van der Waals surface area contributed by atoms with Crippen molar-refractivity contribution in [2.45, 2.75) is 20.3 Å². The summed E-state index contributed by atoms with van der Waals surface area (Å²) in [7, 11) is 0. The zero-order valence-corrected chi connectivity index (χ0v) is 20.8. The molecule has 192 valence electrons. The third-order valence-electron chi connectivity index (χ3n) is 6.41. The number of ether oxygens (including phenoxy) is 1. The summed E-state index contributed by atoms with van der Waals surface area (Å²) in [6, 6.07) is 11.4. The van der Waals surface area contributed by atoms with E-state index < -0.39 is 5.82 Å². The Morgan fingerprint density at radius 1 is 0.889 bits per heavy atom. The van der Waals surface area contributed by atoms with Crippen LogP contribution in [0.15, 0.2) is 42.5 Å². The number of piperazine rings is 1. The SMILES string of the molecule is CC(C)CC(=O)Nc1ccc(N2CCN(C(=O)c3ccccc3F)CC2)c(C(=O)N2CCOCC2)c1. The lowest BCUT2D eigenvalue weighted by molar-refractivity contribution is -0.116. The van der Waals surface area contributed by atoms with E-state index >= 15 is 0 Å². The van der Waals surface area contributed by atoms with Gasteiger partial charge >= 0.3 is 0 Å². The molecule has 2 fully saturated rings. The summed E-state index contributed by atoms with van der Waals surface area (Å²) in [5, 5.41) is 2.91. The smallest absolute Gasteiger partial charge is 0.256 e. The number of halogens is 1. The van der Waals surface area contributed by atoms with E-state index in [2.05, 4.69) is 10.2 Å². The van der Waals surface area contributed by atoms with Crippen molar-refractivity contribution in [3.8, 4) is 0 Å². The van der Waals surface area contributed by atoms with Crippen molar-refractivity contribution in [2.75, 3.05) is 62.7 Å². The van der Waals surface area contributed by atoms with Gasteiger partial charge in [0.15, 0.2) is 0 Å². The second kappa shape index (κ2) is 11.5. The summed E-state index contributed by atoms with van der Waals surface area (Å²) in [4.78, 5) is 44.1. The van der Waals surface area contributed by atoms with E-state index in [4.69, 9.17) is 4.74 Å². The Morgan fingerprint density at radius 2 is 1.53 bits per heavy atom. The highest BCUT2D eigenvalue weighted by atomic mass is 19.1. The molecular formula is C27H33FN4O4. The molecule has 0 spiro atoms. The van der Waals surface area contributed by atoms with Gasteiger partial charge in [-0.05, 0) is 36.2 Å². The first kappa shape index (κ1) is 25.6. The van der Waals surface area contributed by atoms with Crippen molar-refractivity contribution >= 4 is 29.1 Å². The van der Waals surface area contributed by atoms with Crippen LogP contribution in [0.25, 0.3) is 0 Å². The van der Waals surface area contributed by atoms with Gasteiger partial charge in [-0.25, -0.2) is 4.39 Å². The number of morpholine rings is 1. The number of benzene rings is 2. The summed E-state index contributed by atoms with van der Waals surface area (Å²) in [6.45, 7) is 7.77. The maximum absolute atomic E-state index is 14.1. The highest BCUT2D eigenvalue weighted by molar-refractivity contribution is 6.02. The molecule has 3 amide bonds. The summed E-state index contributed by atoms with van der Waals surface area (Å²) in [5.74, 6) is -0.845. The second-order valence-corrected chi connectivity index (χ2v) is 9.54. The Kier molecular flexibility index (Phi) is 8.20. The molecule has 0 bridgehead atoms. The van der Waals surface area contributed by atoms with Crippen molar-refractivity contribution in [1.82, 2.24) is 9.80 Å². The summed E-state index contributed by atoms with van der Waals surface area (Å²) < 4.78 is 19.5. The fourth-order valence-corrected chi connectivity index (χ4v) is 4.54. The molecule has 0 unspecified atom stereocenters. The number of hydrogen-bond acceptors (Lipinski definition) is 5. The molecule has 36 heavy (non-hydrogen) atoms. The number of carbonyl (C=O) groups is 3. The molecule has 2 aliphatic rings. The van der Waals surface area contributed by atoms with E-state index in [1.807, 2.05) is 19.9 Å². The van der Waals surface area contributed by atoms with Crippen LogP contribution in [0.2, 0.25) is 0 Å². The van der Waals surface area contributed by atoms with Crippen LogP contribution in [0, 0.1) is 11.7 Å². The minimum absolute atomic E-state index is 0.0654. The van der Waals surface area contributed by atoms with Crippen LogP contribution in [0.1, 0.15) is 41.0 Å². The molecule has 9 heteroatoms. The first-order valence-corrected chi connectivity index (χ1v) is 12.4. The Bertz CT molecular complexity index is 1110. The lowest BCUT2D eigenvalue weighted by Gasteiger charge is -2.37. The van der Waals surface area contributed by atoms with Crippen LogP contribution in [0.5, 0.6) is 0 Å². The Labute approximate surface area is 211 Å². The van der Waals surface area contributed by atoms with Crippen LogP contribution in [-0.4, -0.2) is 80.0 Å². The first-order valence-electron chi connectivity index (χ1n) is 12.4. The quantitative estimate of drug-likeness (QED) is 0.664. The molecule has 8 nitrogen and oxygen atoms in total. The number of nitrogens with zero attached hydrogens (tertiary/aromatic N) is 3. The van der Waals surface area contributed by atoms with E-state index in [1.54, 1.807) is 34.1 Å². The van der Waals surface area contributed by atoms with Crippen molar-refractivity contribution in [2.24, 2.45) is 5.92 Å². The van der Waals surface area contributed by atoms with E-state index in [9.17, 15) is 18.8 Å². The number of carbonyl (C=O) groups excluding carboxylic acids is 3. The molecular weight excluding hydrogens is 463 g/mol. The van der Waals surface area contributed by atoms with E-state index in [0.29, 0.717) is 70.2 Å². The highest BCUT2D eigenvalue weighted by Gasteiger charge is 2.28. The van der Waals surface area contributed by atoms with Crippen molar-refractivity contribution in [3.63, 3.8) is 0 Å². The normalized spacial score (nSPS) is 16.3. The maximum atomic E-state index is 14.1. The molecule has 0 aliphatic carbocycles. The summed E-state index contributed by atoms with van der Waals surface area (Å²) in [5.41, 5.74) is 1.91. The standard InChI is InChI=1S/C27H33FN4O4/c1-19(2)17-25(33)29-20-7-8-24(22(18-20)27(35)32-13-15-36-16-14-32)30-9-11-31(12-10-30)26(34)21-5-3-4-6-23(21)28/h3-8,18-19H,9-17H2,1-2H3,(H,29,33). The number of nitrogens with one attached hydrogen (secondary N) is 1. The van der Waals surface area contributed by atoms with Crippen LogP contribution in [0.4, 0.5) is 15.8 Å². The highest BCUT2D eigenvalue weighted by Crippen LogP contribution is 2.28. The van der Waals surface area contributed by atoms with Crippen molar-refractivity contribution in [3.05, 3.63) is 59.4 Å². The van der Waals surface area contributed by atoms with Crippen LogP contribution < -0.4 is 10.2 Å². The third-order valence-corrected chi connectivity index (χ3v) is 6.41. The fourth-order valence-electron chi connectivity index (χ4n) is 4.54. The number of amides is 3. The van der Waals surface area contributed by atoms with E-state index in [1.165, 1.54) is 12.1 Å². The zero-order chi connectivity index (χ0) is 25.7. The van der Waals surface area contributed by atoms with Gasteiger partial charge in [-0.2, -0.15) is 0 Å². The monoisotopic (exact) mass is 496 g/mol. The second-order valence-electron chi connectivity index (χ2n) is 9.54. The largest absolute Gasteiger partial charge is 0.378 e. The van der Waals surface area contributed by atoms with Gasteiger partial charge in [-0.1, -0.05) is 26.0 Å². The van der Waals surface area contributed by atoms with Crippen LogP contribution in [0.3, 0.4) is 0 Å². The lowest BCUT2D eigenvalue weighted by atomic mass is 10.1. The van der Waals surface area contributed by atoms with Gasteiger partial charge in [0.25, 0.3) is 11.8 Å². The first-order chi connectivity index (χ1) is 17.3. The third kappa shape index (κ3) is 6.02. The van der Waals surface area contributed by atoms with Gasteiger partial charge in [-0.15, -0.1) is 0 Å². The minimum Gasteiger partial charge on any atom is -0.378 e. The zero-order valence-electron chi connectivity index (χ0n) is 20.8. The topological polar surface area (TPSA) is 82.2 Å². The van der Waals surface area contributed by atoms with Crippen LogP contribution >= 0.6 is 0 Å².